The standard InChI is InChI=1S/C22H21BrN2O5/c1-4-29-18-12-14(11-17(23)19(18)30-5-2)10-16-20(26)24-22(28)25(21(16)27)15-8-6-13(3)7-9-15/h6-12H,4-5H2,1-3H3,(H,24,26,28). The Hall–Kier alpha value is -3.13. The summed E-state index contributed by atoms with van der Waals surface area (Å²) in [4.78, 5) is 38.7. The lowest BCUT2D eigenvalue weighted by Gasteiger charge is -2.26. The van der Waals surface area contributed by atoms with Gasteiger partial charge in [-0.15, -0.1) is 0 Å². The van der Waals surface area contributed by atoms with Gasteiger partial charge in [0.15, 0.2) is 11.5 Å². The zero-order chi connectivity index (χ0) is 21.8. The van der Waals surface area contributed by atoms with Crippen molar-refractivity contribution in [3.63, 3.8) is 0 Å². The molecule has 1 aliphatic heterocycles. The topological polar surface area (TPSA) is 84.9 Å². The quantitative estimate of drug-likeness (QED) is 0.502. The Morgan fingerprint density at radius 1 is 1.03 bits per heavy atom. The number of hydrogen-bond acceptors (Lipinski definition) is 5. The molecule has 4 amide bonds. The second kappa shape index (κ2) is 9.13. The molecular formula is C22H21BrN2O5. The first-order valence-corrected chi connectivity index (χ1v) is 10.2. The molecule has 1 N–H and O–H groups in total. The highest BCUT2D eigenvalue weighted by molar-refractivity contribution is 9.10. The first-order chi connectivity index (χ1) is 14.3. The summed E-state index contributed by atoms with van der Waals surface area (Å²) in [6.45, 7) is 6.48. The minimum atomic E-state index is -0.783. The molecule has 0 radical (unpaired) electrons. The molecule has 0 aliphatic carbocycles. The highest BCUT2D eigenvalue weighted by atomic mass is 79.9. The van der Waals surface area contributed by atoms with Crippen LogP contribution in [0.25, 0.3) is 6.08 Å². The van der Waals surface area contributed by atoms with Gasteiger partial charge in [-0.05, 0) is 72.6 Å². The molecular weight excluding hydrogens is 452 g/mol. The van der Waals surface area contributed by atoms with E-state index in [1.54, 1.807) is 36.4 Å². The van der Waals surface area contributed by atoms with Crippen LogP contribution in [0.4, 0.5) is 10.5 Å². The van der Waals surface area contributed by atoms with Gasteiger partial charge in [-0.3, -0.25) is 14.9 Å². The van der Waals surface area contributed by atoms with Crippen LogP contribution in [0.2, 0.25) is 0 Å². The number of nitrogens with one attached hydrogen (secondary N) is 1. The van der Waals surface area contributed by atoms with Crippen LogP contribution in [0.1, 0.15) is 25.0 Å². The van der Waals surface area contributed by atoms with Crippen molar-refractivity contribution in [2.24, 2.45) is 0 Å². The number of ether oxygens (including phenoxy) is 2. The number of urea groups is 1. The van der Waals surface area contributed by atoms with Crippen molar-refractivity contribution in [1.82, 2.24) is 5.32 Å². The molecule has 1 saturated heterocycles. The van der Waals surface area contributed by atoms with Gasteiger partial charge in [-0.1, -0.05) is 17.7 Å². The minimum Gasteiger partial charge on any atom is -0.490 e. The zero-order valence-corrected chi connectivity index (χ0v) is 18.4. The van der Waals surface area contributed by atoms with Gasteiger partial charge < -0.3 is 9.47 Å². The molecule has 1 aliphatic rings. The number of benzene rings is 2. The maximum atomic E-state index is 13.0. The molecule has 156 valence electrons. The molecule has 0 bridgehead atoms. The molecule has 8 heteroatoms. The molecule has 2 aromatic rings. The van der Waals surface area contributed by atoms with Crippen LogP contribution in [-0.2, 0) is 9.59 Å². The van der Waals surface area contributed by atoms with Gasteiger partial charge >= 0.3 is 6.03 Å². The van der Waals surface area contributed by atoms with Gasteiger partial charge in [-0.25, -0.2) is 9.69 Å². The molecule has 0 atom stereocenters. The predicted octanol–water partition coefficient (Wildman–Crippen LogP) is 4.22. The van der Waals surface area contributed by atoms with E-state index in [9.17, 15) is 14.4 Å². The summed E-state index contributed by atoms with van der Waals surface area (Å²) in [7, 11) is 0. The maximum absolute atomic E-state index is 13.0. The highest BCUT2D eigenvalue weighted by Crippen LogP contribution is 2.37. The van der Waals surface area contributed by atoms with E-state index in [1.165, 1.54) is 6.08 Å². The van der Waals surface area contributed by atoms with Gasteiger partial charge in [0, 0.05) is 0 Å². The molecule has 1 heterocycles. The van der Waals surface area contributed by atoms with Crippen molar-refractivity contribution in [2.75, 3.05) is 18.1 Å². The molecule has 0 aromatic heterocycles. The number of carbonyl (C=O) groups is 3. The summed E-state index contributed by atoms with van der Waals surface area (Å²) in [5, 5.41) is 2.22. The number of nitrogens with zero attached hydrogens (tertiary/aromatic N) is 1. The maximum Gasteiger partial charge on any atom is 0.335 e. The smallest absolute Gasteiger partial charge is 0.335 e. The summed E-state index contributed by atoms with van der Waals surface area (Å²) in [5.74, 6) is -0.431. The first-order valence-electron chi connectivity index (χ1n) is 9.43. The van der Waals surface area contributed by atoms with Crippen LogP contribution < -0.4 is 19.7 Å². The number of halogens is 1. The van der Waals surface area contributed by atoms with Gasteiger partial charge in [0.1, 0.15) is 5.57 Å². The number of imide groups is 2. The third-order valence-corrected chi connectivity index (χ3v) is 4.91. The lowest BCUT2D eigenvalue weighted by molar-refractivity contribution is -0.122. The molecule has 3 rings (SSSR count). The average Bonchev–Trinajstić information content (AvgIpc) is 2.69. The van der Waals surface area contributed by atoms with Crippen LogP contribution in [0.5, 0.6) is 11.5 Å². The number of rotatable bonds is 6. The van der Waals surface area contributed by atoms with E-state index in [0.717, 1.165) is 10.5 Å². The molecule has 0 unspecified atom stereocenters. The second-order valence-electron chi connectivity index (χ2n) is 6.49. The van der Waals surface area contributed by atoms with Crippen molar-refractivity contribution in [3.8, 4) is 11.5 Å². The summed E-state index contributed by atoms with van der Waals surface area (Å²) >= 11 is 3.44. The van der Waals surface area contributed by atoms with E-state index >= 15 is 0 Å². The van der Waals surface area contributed by atoms with E-state index in [1.807, 2.05) is 20.8 Å². The van der Waals surface area contributed by atoms with E-state index in [-0.39, 0.29) is 5.57 Å². The van der Waals surface area contributed by atoms with Crippen LogP contribution in [0.3, 0.4) is 0 Å². The van der Waals surface area contributed by atoms with Crippen molar-refractivity contribution in [1.29, 1.82) is 0 Å². The Morgan fingerprint density at radius 2 is 1.70 bits per heavy atom. The summed E-state index contributed by atoms with van der Waals surface area (Å²) in [6.07, 6.45) is 1.42. The highest BCUT2D eigenvalue weighted by Gasteiger charge is 2.36. The lowest BCUT2D eigenvalue weighted by atomic mass is 10.1. The average molecular weight is 473 g/mol. The molecule has 7 nitrogen and oxygen atoms in total. The van der Waals surface area contributed by atoms with Gasteiger partial charge in [0.05, 0.1) is 23.4 Å². The normalized spacial score (nSPS) is 15.4. The van der Waals surface area contributed by atoms with Crippen LogP contribution in [0, 0.1) is 6.92 Å². The van der Waals surface area contributed by atoms with Crippen LogP contribution in [0.15, 0.2) is 46.4 Å². The monoisotopic (exact) mass is 472 g/mol. The number of anilines is 1. The molecule has 1 fully saturated rings. The van der Waals surface area contributed by atoms with Crippen molar-refractivity contribution >= 4 is 45.5 Å². The fourth-order valence-corrected chi connectivity index (χ4v) is 3.55. The Balaban J connectivity index is 2.03. The first kappa shape index (κ1) is 21.6. The van der Waals surface area contributed by atoms with Gasteiger partial charge in [0.2, 0.25) is 0 Å². The lowest BCUT2D eigenvalue weighted by Crippen LogP contribution is -2.54. The number of carbonyl (C=O) groups excluding carboxylic acids is 3. The third kappa shape index (κ3) is 4.38. The Morgan fingerprint density at radius 3 is 2.33 bits per heavy atom. The van der Waals surface area contributed by atoms with Gasteiger partial charge in [-0.2, -0.15) is 0 Å². The Kier molecular flexibility index (Phi) is 6.56. The van der Waals surface area contributed by atoms with Crippen LogP contribution in [-0.4, -0.2) is 31.1 Å². The minimum absolute atomic E-state index is 0.159. The number of amides is 4. The van der Waals surface area contributed by atoms with Crippen molar-refractivity contribution in [3.05, 3.63) is 57.6 Å². The van der Waals surface area contributed by atoms with Crippen molar-refractivity contribution < 1.29 is 23.9 Å². The second-order valence-corrected chi connectivity index (χ2v) is 7.34. The van der Waals surface area contributed by atoms with Gasteiger partial charge in [0.25, 0.3) is 11.8 Å². The number of barbiturate groups is 1. The number of aryl methyl sites for hydroxylation is 1. The molecule has 2 aromatic carbocycles. The van der Waals surface area contributed by atoms with E-state index in [0.29, 0.717) is 40.4 Å². The third-order valence-electron chi connectivity index (χ3n) is 4.33. The van der Waals surface area contributed by atoms with Crippen LogP contribution >= 0.6 is 15.9 Å². The SMILES string of the molecule is CCOc1cc(C=C2C(=O)NC(=O)N(c3ccc(C)cc3)C2=O)cc(Br)c1OCC. The van der Waals surface area contributed by atoms with E-state index in [4.69, 9.17) is 9.47 Å². The van der Waals surface area contributed by atoms with E-state index in [2.05, 4.69) is 21.2 Å². The molecule has 0 saturated carbocycles. The molecule has 30 heavy (non-hydrogen) atoms. The Labute approximate surface area is 182 Å². The fraction of sp³-hybridized carbons (Fsp3) is 0.227. The van der Waals surface area contributed by atoms with Crippen molar-refractivity contribution in [2.45, 2.75) is 20.8 Å². The zero-order valence-electron chi connectivity index (χ0n) is 16.8. The number of hydrogen-bond donors (Lipinski definition) is 1. The molecule has 0 spiro atoms. The summed E-state index contributed by atoms with van der Waals surface area (Å²) in [5.41, 5.74) is 1.75. The summed E-state index contributed by atoms with van der Waals surface area (Å²) < 4.78 is 11.9. The largest absolute Gasteiger partial charge is 0.490 e. The Bertz CT molecular complexity index is 1030. The predicted molar refractivity (Wildman–Crippen MR) is 117 cm³/mol. The summed E-state index contributed by atoms with van der Waals surface area (Å²) in [6, 6.07) is 9.49. The van der Waals surface area contributed by atoms with E-state index < -0.39 is 17.8 Å². The fourth-order valence-electron chi connectivity index (χ4n) is 2.97.